The first-order valence-electron chi connectivity index (χ1n) is 3.52. The average Bonchev–Trinajstić information content (AvgIpc) is 2.57. The number of rotatable bonds is 4. The molecule has 1 atom stereocenters. The minimum Gasteiger partial charge on any atom is -0.316 e. The summed E-state index contributed by atoms with van der Waals surface area (Å²) in [5, 5.41) is -1.11. The van der Waals surface area contributed by atoms with Crippen molar-refractivity contribution in [3.8, 4) is 0 Å². The van der Waals surface area contributed by atoms with Crippen LogP contribution >= 0.6 is 0 Å². The molecule has 0 saturated carbocycles. The van der Waals surface area contributed by atoms with Crippen LogP contribution < -0.4 is 0 Å². The zero-order valence-electron chi connectivity index (χ0n) is 7.05. The van der Waals surface area contributed by atoms with Crippen molar-refractivity contribution in [2.45, 2.75) is 5.37 Å². The second-order valence-electron chi connectivity index (χ2n) is 2.32. The second kappa shape index (κ2) is 3.95. The Kier molecular flexibility index (Phi) is 2.90. The molecule has 0 aromatic carbocycles. The van der Waals surface area contributed by atoms with Crippen molar-refractivity contribution in [2.75, 3.05) is 0 Å². The average molecular weight is 213 g/mol. The van der Waals surface area contributed by atoms with Crippen molar-refractivity contribution in [1.82, 2.24) is 9.55 Å². The molecule has 0 radical (unpaired) electrons. The number of imidazole rings is 1. The van der Waals surface area contributed by atoms with E-state index < -0.39 is 15.4 Å². The molecule has 8 heteroatoms. The van der Waals surface area contributed by atoms with E-state index >= 15 is 0 Å². The summed E-state index contributed by atoms with van der Waals surface area (Å²) in [5.41, 5.74) is 8.06. The van der Waals surface area contributed by atoms with E-state index in [2.05, 4.69) is 21.0 Å². The summed E-state index contributed by atoms with van der Waals surface area (Å²) in [7, 11) is -3.93. The summed E-state index contributed by atoms with van der Waals surface area (Å²) >= 11 is 0. The van der Waals surface area contributed by atoms with Crippen molar-refractivity contribution in [1.29, 1.82) is 0 Å². The zero-order valence-corrected chi connectivity index (χ0v) is 7.87. The first-order valence-corrected chi connectivity index (χ1v) is 5.02. The highest BCUT2D eigenvalue weighted by Gasteiger charge is 2.21. The number of sulfonamides is 1. The Hall–Kier alpha value is -1.79. The minimum absolute atomic E-state index is 1.11. The summed E-state index contributed by atoms with van der Waals surface area (Å²) in [4.78, 5) is 5.92. The number of hydrogen-bond donors (Lipinski definition) is 0. The molecule has 0 aliphatic carbocycles. The molecular weight excluding hydrogens is 206 g/mol. The molecule has 1 aromatic rings. The lowest BCUT2D eigenvalue weighted by atomic mass is 10.6. The van der Waals surface area contributed by atoms with Gasteiger partial charge in [0.2, 0.25) is 0 Å². The van der Waals surface area contributed by atoms with Gasteiger partial charge in [-0.15, -0.1) is 0 Å². The van der Waals surface area contributed by atoms with Crippen molar-refractivity contribution in [3.63, 3.8) is 0 Å². The molecule has 0 aliphatic heterocycles. The SMILES string of the molecule is C=CC(n1ccnc1)S(=O)(=O)N=[N+]=[N-]. The van der Waals surface area contributed by atoms with Crippen LogP contribution in [0.3, 0.4) is 0 Å². The van der Waals surface area contributed by atoms with E-state index in [0.29, 0.717) is 0 Å². The molecule has 0 saturated heterocycles. The maximum absolute atomic E-state index is 11.3. The molecule has 1 aromatic heterocycles. The highest BCUT2D eigenvalue weighted by atomic mass is 32.2. The van der Waals surface area contributed by atoms with Gasteiger partial charge in [-0.3, -0.25) is 0 Å². The quantitative estimate of drug-likeness (QED) is 0.325. The molecule has 0 bridgehead atoms. The summed E-state index contributed by atoms with van der Waals surface area (Å²) < 4.78 is 26.6. The Morgan fingerprint density at radius 1 is 1.71 bits per heavy atom. The molecule has 0 amide bonds. The Balaban J connectivity index is 3.18. The number of hydrogen-bond acceptors (Lipinski definition) is 3. The largest absolute Gasteiger partial charge is 0.316 e. The fourth-order valence-corrected chi connectivity index (χ4v) is 1.79. The molecule has 0 spiro atoms. The van der Waals surface area contributed by atoms with Gasteiger partial charge in [0.05, 0.1) is 6.33 Å². The van der Waals surface area contributed by atoms with E-state index in [-0.39, 0.29) is 0 Å². The lowest BCUT2D eigenvalue weighted by Gasteiger charge is -2.09. The van der Waals surface area contributed by atoms with Crippen LogP contribution in [0.2, 0.25) is 0 Å². The fourth-order valence-electron chi connectivity index (χ4n) is 0.916. The predicted molar refractivity (Wildman–Crippen MR) is 49.5 cm³/mol. The Bertz CT molecular complexity index is 456. The van der Waals surface area contributed by atoms with Crippen LogP contribution in [0.15, 0.2) is 35.9 Å². The van der Waals surface area contributed by atoms with Gasteiger partial charge in [-0.2, -0.15) is 0 Å². The highest BCUT2D eigenvalue weighted by Crippen LogP contribution is 2.17. The molecule has 1 rings (SSSR count). The summed E-state index contributed by atoms with van der Waals surface area (Å²) in [6.07, 6.45) is 5.32. The number of azide groups is 1. The van der Waals surface area contributed by atoms with E-state index in [1.165, 1.54) is 23.3 Å². The van der Waals surface area contributed by atoms with Gasteiger partial charge in [0, 0.05) is 21.8 Å². The van der Waals surface area contributed by atoms with Crippen molar-refractivity contribution >= 4 is 10.0 Å². The van der Waals surface area contributed by atoms with Gasteiger partial charge >= 0.3 is 0 Å². The monoisotopic (exact) mass is 213 g/mol. The van der Waals surface area contributed by atoms with Gasteiger partial charge in [0.15, 0.2) is 5.37 Å². The summed E-state index contributed by atoms with van der Waals surface area (Å²) in [5.74, 6) is 0. The van der Waals surface area contributed by atoms with E-state index in [0.717, 1.165) is 6.08 Å². The smallest absolute Gasteiger partial charge is 0.260 e. The summed E-state index contributed by atoms with van der Waals surface area (Å²) in [6, 6.07) is 0. The zero-order chi connectivity index (χ0) is 10.6. The van der Waals surface area contributed by atoms with Crippen LogP contribution in [0, 0.1) is 0 Å². The number of nitrogens with zero attached hydrogens (tertiary/aromatic N) is 5. The topological polar surface area (TPSA) is 101 Å². The van der Waals surface area contributed by atoms with Crippen LogP contribution in [0.1, 0.15) is 5.37 Å². The first-order chi connectivity index (χ1) is 6.61. The van der Waals surface area contributed by atoms with Crippen LogP contribution in [0.5, 0.6) is 0 Å². The molecule has 14 heavy (non-hydrogen) atoms. The van der Waals surface area contributed by atoms with E-state index in [1.807, 2.05) is 0 Å². The molecule has 1 heterocycles. The van der Waals surface area contributed by atoms with Gasteiger partial charge in [0.25, 0.3) is 10.0 Å². The standard InChI is InChI=1S/C6H7N5O2S/c1-2-6(11-4-3-8-5-11)14(12,13)10-9-7/h2-6H,1H2. The van der Waals surface area contributed by atoms with Crippen LogP contribution in [-0.4, -0.2) is 18.0 Å². The Morgan fingerprint density at radius 3 is 2.86 bits per heavy atom. The molecule has 74 valence electrons. The third-order valence-electron chi connectivity index (χ3n) is 1.48. The maximum Gasteiger partial charge on any atom is 0.260 e. The van der Waals surface area contributed by atoms with E-state index in [1.54, 1.807) is 0 Å². The van der Waals surface area contributed by atoms with Gasteiger partial charge in [0.1, 0.15) is 0 Å². The van der Waals surface area contributed by atoms with Crippen molar-refractivity contribution in [2.24, 2.45) is 4.52 Å². The minimum atomic E-state index is -3.93. The number of aromatic nitrogens is 2. The fraction of sp³-hybridized carbons (Fsp3) is 0.167. The third kappa shape index (κ3) is 1.93. The molecular formula is C6H7N5O2S. The molecule has 0 fully saturated rings. The molecule has 1 unspecified atom stereocenters. The lowest BCUT2D eigenvalue weighted by molar-refractivity contribution is 0.573. The van der Waals surface area contributed by atoms with Gasteiger partial charge < -0.3 is 4.57 Å². The summed E-state index contributed by atoms with van der Waals surface area (Å²) in [6.45, 7) is 3.35. The highest BCUT2D eigenvalue weighted by molar-refractivity contribution is 7.90. The van der Waals surface area contributed by atoms with Gasteiger partial charge in [-0.25, -0.2) is 13.4 Å². The normalized spacial score (nSPS) is 12.9. The van der Waals surface area contributed by atoms with E-state index in [4.69, 9.17) is 5.53 Å². The van der Waals surface area contributed by atoms with Crippen molar-refractivity contribution < 1.29 is 8.42 Å². The maximum atomic E-state index is 11.3. The molecule has 0 aliphatic rings. The third-order valence-corrected chi connectivity index (χ3v) is 2.82. The first kappa shape index (κ1) is 10.3. The molecule has 0 N–H and O–H groups in total. The second-order valence-corrected chi connectivity index (χ2v) is 4.00. The van der Waals surface area contributed by atoms with E-state index in [9.17, 15) is 8.42 Å². The van der Waals surface area contributed by atoms with Crippen LogP contribution in [0.4, 0.5) is 0 Å². The van der Waals surface area contributed by atoms with Gasteiger partial charge in [-0.1, -0.05) is 12.7 Å². The van der Waals surface area contributed by atoms with Crippen LogP contribution in [-0.2, 0) is 10.0 Å². The Labute approximate surface area is 80.4 Å². The van der Waals surface area contributed by atoms with Gasteiger partial charge in [-0.05, 0) is 5.53 Å². The van der Waals surface area contributed by atoms with Crippen LogP contribution in [0.25, 0.3) is 10.4 Å². The Morgan fingerprint density at radius 2 is 2.43 bits per heavy atom. The predicted octanol–water partition coefficient (Wildman–Crippen LogP) is 1.21. The molecule has 7 nitrogen and oxygen atoms in total. The van der Waals surface area contributed by atoms with Crippen molar-refractivity contribution in [3.05, 3.63) is 41.8 Å². The lowest BCUT2D eigenvalue weighted by Crippen LogP contribution is -2.13.